The molecule has 1 aromatic rings. The first-order valence-electron chi connectivity index (χ1n) is 7.84. The van der Waals surface area contributed by atoms with Crippen molar-refractivity contribution in [3.05, 3.63) is 29.3 Å². The molecule has 1 unspecified atom stereocenters. The molecule has 0 radical (unpaired) electrons. The van der Waals surface area contributed by atoms with Gasteiger partial charge in [-0.25, -0.2) is 0 Å². The molecule has 0 aliphatic carbocycles. The molecule has 0 spiro atoms. The van der Waals surface area contributed by atoms with Crippen molar-refractivity contribution < 1.29 is 9.90 Å². The van der Waals surface area contributed by atoms with Crippen molar-refractivity contribution in [2.75, 3.05) is 19.6 Å². The molecule has 2 heterocycles. The lowest BCUT2D eigenvalue weighted by Gasteiger charge is -2.39. The van der Waals surface area contributed by atoms with Crippen LogP contribution in [0.5, 0.6) is 5.75 Å². The second kappa shape index (κ2) is 5.34. The summed E-state index contributed by atoms with van der Waals surface area (Å²) in [6.45, 7) is 7.41. The van der Waals surface area contributed by atoms with Crippen LogP contribution in [0.4, 0.5) is 0 Å². The van der Waals surface area contributed by atoms with Crippen molar-refractivity contribution in [3.63, 3.8) is 0 Å². The highest BCUT2D eigenvalue weighted by molar-refractivity contribution is 5.84. The molecular formula is C17H24N2O2. The zero-order valence-electron chi connectivity index (χ0n) is 12.9. The van der Waals surface area contributed by atoms with Gasteiger partial charge in [0.15, 0.2) is 0 Å². The van der Waals surface area contributed by atoms with Crippen molar-refractivity contribution in [1.82, 2.24) is 10.2 Å². The van der Waals surface area contributed by atoms with E-state index in [1.165, 1.54) is 5.56 Å². The maximum absolute atomic E-state index is 13.1. The van der Waals surface area contributed by atoms with Crippen LogP contribution in [0.25, 0.3) is 0 Å². The van der Waals surface area contributed by atoms with Gasteiger partial charge in [-0.1, -0.05) is 19.9 Å². The second-order valence-electron chi connectivity index (χ2n) is 6.67. The van der Waals surface area contributed by atoms with Gasteiger partial charge in [-0.3, -0.25) is 4.79 Å². The van der Waals surface area contributed by atoms with Gasteiger partial charge in [0.05, 0.1) is 5.41 Å². The fraction of sp³-hybridized carbons (Fsp3) is 0.588. The Hall–Kier alpha value is -1.55. The number of carbonyl (C=O) groups is 1. The minimum atomic E-state index is -0.256. The van der Waals surface area contributed by atoms with Crippen LogP contribution >= 0.6 is 0 Å². The first-order valence-corrected chi connectivity index (χ1v) is 7.84. The predicted molar refractivity (Wildman–Crippen MR) is 82.0 cm³/mol. The molecule has 4 nitrogen and oxygen atoms in total. The number of phenolic OH excluding ortho intramolecular Hbond substituents is 1. The average molecular weight is 288 g/mol. The van der Waals surface area contributed by atoms with E-state index in [1.807, 2.05) is 11.0 Å². The van der Waals surface area contributed by atoms with E-state index in [-0.39, 0.29) is 17.1 Å². The molecule has 2 aliphatic rings. The molecule has 0 saturated carbocycles. The van der Waals surface area contributed by atoms with E-state index in [0.717, 1.165) is 38.0 Å². The Balaban J connectivity index is 1.83. The maximum Gasteiger partial charge on any atom is 0.230 e. The fourth-order valence-electron chi connectivity index (χ4n) is 3.67. The molecule has 0 aromatic heterocycles. The van der Waals surface area contributed by atoms with Gasteiger partial charge in [0.1, 0.15) is 5.75 Å². The molecule has 114 valence electrons. The summed E-state index contributed by atoms with van der Waals surface area (Å²) >= 11 is 0. The van der Waals surface area contributed by atoms with Gasteiger partial charge in [0, 0.05) is 19.6 Å². The molecule has 0 bridgehead atoms. The van der Waals surface area contributed by atoms with Crippen LogP contribution in [0.1, 0.15) is 31.4 Å². The highest BCUT2D eigenvalue weighted by Crippen LogP contribution is 2.37. The zero-order chi connectivity index (χ0) is 15.0. The van der Waals surface area contributed by atoms with Gasteiger partial charge in [0.25, 0.3) is 0 Å². The molecule has 21 heavy (non-hydrogen) atoms. The molecule has 1 amide bonds. The summed E-state index contributed by atoms with van der Waals surface area (Å²) in [6.07, 6.45) is 1.80. The van der Waals surface area contributed by atoms with Crippen LogP contribution < -0.4 is 5.32 Å². The number of nitrogens with one attached hydrogen (secondary N) is 1. The van der Waals surface area contributed by atoms with Crippen LogP contribution in [0.3, 0.4) is 0 Å². The Morgan fingerprint density at radius 3 is 2.86 bits per heavy atom. The minimum absolute atomic E-state index is 0.256. The smallest absolute Gasteiger partial charge is 0.230 e. The number of benzene rings is 1. The first kappa shape index (κ1) is 14.4. The Kier molecular flexibility index (Phi) is 3.66. The molecular weight excluding hydrogens is 264 g/mol. The Bertz CT molecular complexity index is 548. The van der Waals surface area contributed by atoms with Gasteiger partial charge in [0.2, 0.25) is 5.91 Å². The fourth-order valence-corrected chi connectivity index (χ4v) is 3.67. The van der Waals surface area contributed by atoms with Gasteiger partial charge >= 0.3 is 0 Å². The number of carbonyl (C=O) groups excluding carboxylic acids is 1. The molecule has 4 heteroatoms. The summed E-state index contributed by atoms with van der Waals surface area (Å²) in [5.74, 6) is 0.895. The number of hydrogen-bond donors (Lipinski definition) is 2. The SMILES string of the molecule is CC(C)C1(C(=O)N2CCc3ccc(O)cc3C2)CCNC1. The van der Waals surface area contributed by atoms with E-state index in [0.29, 0.717) is 12.5 Å². The van der Waals surface area contributed by atoms with Gasteiger partial charge in [-0.15, -0.1) is 0 Å². The number of nitrogens with zero attached hydrogens (tertiary/aromatic N) is 1. The number of fused-ring (bicyclic) bond motifs is 1. The van der Waals surface area contributed by atoms with Crippen molar-refractivity contribution in [2.45, 2.75) is 33.2 Å². The molecule has 2 N–H and O–H groups in total. The summed E-state index contributed by atoms with van der Waals surface area (Å²) in [7, 11) is 0. The van der Waals surface area contributed by atoms with Crippen molar-refractivity contribution in [3.8, 4) is 5.75 Å². The normalized spacial score (nSPS) is 25.2. The lowest BCUT2D eigenvalue weighted by atomic mass is 9.75. The van der Waals surface area contributed by atoms with Crippen LogP contribution in [-0.4, -0.2) is 35.5 Å². The topological polar surface area (TPSA) is 52.6 Å². The van der Waals surface area contributed by atoms with E-state index in [2.05, 4.69) is 19.2 Å². The lowest BCUT2D eigenvalue weighted by Crippen LogP contribution is -2.49. The van der Waals surface area contributed by atoms with Gasteiger partial charge in [-0.2, -0.15) is 0 Å². The molecule has 2 aliphatic heterocycles. The number of rotatable bonds is 2. The van der Waals surface area contributed by atoms with Crippen LogP contribution in [0.15, 0.2) is 18.2 Å². The number of amides is 1. The standard InChI is InChI=1S/C17H24N2O2/c1-12(2)17(6-7-18-11-17)16(21)19-8-5-13-3-4-15(20)9-14(13)10-19/h3-4,9,12,18,20H,5-8,10-11H2,1-2H3. The third-order valence-corrected chi connectivity index (χ3v) is 5.21. The largest absolute Gasteiger partial charge is 0.508 e. The highest BCUT2D eigenvalue weighted by Gasteiger charge is 2.46. The molecule has 1 fully saturated rings. The van der Waals surface area contributed by atoms with Crippen molar-refractivity contribution in [1.29, 1.82) is 0 Å². The van der Waals surface area contributed by atoms with E-state index < -0.39 is 0 Å². The first-order chi connectivity index (χ1) is 10.0. The van der Waals surface area contributed by atoms with Crippen LogP contribution in [0.2, 0.25) is 0 Å². The molecule has 3 rings (SSSR count). The molecule has 1 atom stereocenters. The Morgan fingerprint density at radius 1 is 1.38 bits per heavy atom. The van der Waals surface area contributed by atoms with Crippen LogP contribution in [0, 0.1) is 11.3 Å². The Morgan fingerprint density at radius 2 is 2.19 bits per heavy atom. The van der Waals surface area contributed by atoms with E-state index in [9.17, 15) is 9.90 Å². The molecule has 1 aromatic carbocycles. The van der Waals surface area contributed by atoms with E-state index in [4.69, 9.17) is 0 Å². The minimum Gasteiger partial charge on any atom is -0.508 e. The number of hydrogen-bond acceptors (Lipinski definition) is 3. The number of phenols is 1. The summed E-state index contributed by atoms with van der Waals surface area (Å²) < 4.78 is 0. The van der Waals surface area contributed by atoms with Gasteiger partial charge < -0.3 is 15.3 Å². The van der Waals surface area contributed by atoms with Crippen LogP contribution in [-0.2, 0) is 17.8 Å². The average Bonchev–Trinajstić information content (AvgIpc) is 2.96. The molecule has 1 saturated heterocycles. The van der Waals surface area contributed by atoms with Crippen molar-refractivity contribution in [2.24, 2.45) is 11.3 Å². The second-order valence-corrected chi connectivity index (χ2v) is 6.67. The van der Waals surface area contributed by atoms with Crippen molar-refractivity contribution >= 4 is 5.91 Å². The quantitative estimate of drug-likeness (QED) is 0.874. The maximum atomic E-state index is 13.1. The monoisotopic (exact) mass is 288 g/mol. The van der Waals surface area contributed by atoms with E-state index >= 15 is 0 Å². The third-order valence-electron chi connectivity index (χ3n) is 5.21. The zero-order valence-corrected chi connectivity index (χ0v) is 12.9. The van der Waals surface area contributed by atoms with Gasteiger partial charge in [-0.05, 0) is 48.6 Å². The third kappa shape index (κ3) is 2.42. The summed E-state index contributed by atoms with van der Waals surface area (Å²) in [4.78, 5) is 15.1. The summed E-state index contributed by atoms with van der Waals surface area (Å²) in [5, 5.41) is 13.0. The van der Waals surface area contributed by atoms with E-state index in [1.54, 1.807) is 12.1 Å². The Labute approximate surface area is 126 Å². The summed E-state index contributed by atoms with van der Waals surface area (Å²) in [5.41, 5.74) is 2.08. The lowest BCUT2D eigenvalue weighted by molar-refractivity contribution is -0.144. The highest BCUT2D eigenvalue weighted by atomic mass is 16.3. The predicted octanol–water partition coefficient (Wildman–Crippen LogP) is 1.91. The number of aromatic hydroxyl groups is 1. The summed E-state index contributed by atoms with van der Waals surface area (Å²) in [6, 6.07) is 5.50.